The van der Waals surface area contributed by atoms with E-state index in [-0.39, 0.29) is 0 Å². The van der Waals surface area contributed by atoms with Gasteiger partial charge in [0.05, 0.1) is 0 Å². The van der Waals surface area contributed by atoms with Crippen LogP contribution in [0.2, 0.25) is 0 Å². The summed E-state index contributed by atoms with van der Waals surface area (Å²) in [6, 6.07) is 8.49. The molecular weight excluding hydrogens is 288 g/mol. The van der Waals surface area contributed by atoms with E-state index in [2.05, 4.69) is 64.4 Å². The molecule has 1 atom stereocenters. The molecule has 1 unspecified atom stereocenters. The van der Waals surface area contributed by atoms with Crippen LogP contribution in [0, 0.1) is 0 Å². The van der Waals surface area contributed by atoms with Gasteiger partial charge in [0.1, 0.15) is 0 Å². The number of nitrogens with one attached hydrogen (secondary N) is 1. The zero-order valence-electron chi connectivity index (χ0n) is 11.4. The normalized spacial score (nSPS) is 23.8. The zero-order chi connectivity index (χ0) is 13.0. The molecule has 0 aliphatic carbocycles. The van der Waals surface area contributed by atoms with Crippen molar-refractivity contribution in [3.8, 4) is 0 Å². The molecule has 0 saturated carbocycles. The highest BCUT2D eigenvalue weighted by Crippen LogP contribution is 2.25. The Morgan fingerprint density at radius 1 is 1.39 bits per heavy atom. The smallest absolute Gasteiger partial charge is 0.0306 e. The molecule has 0 spiro atoms. The second-order valence-electron chi connectivity index (χ2n) is 5.43. The van der Waals surface area contributed by atoms with Crippen molar-refractivity contribution in [2.24, 2.45) is 0 Å². The number of benzene rings is 1. The molecule has 1 heterocycles. The molecule has 0 aromatic heterocycles. The molecule has 2 nitrogen and oxygen atoms in total. The highest BCUT2D eigenvalue weighted by molar-refractivity contribution is 9.10. The van der Waals surface area contributed by atoms with Crippen LogP contribution in [0.3, 0.4) is 0 Å². The van der Waals surface area contributed by atoms with Crippen molar-refractivity contribution >= 4 is 15.9 Å². The van der Waals surface area contributed by atoms with Crippen LogP contribution < -0.4 is 5.32 Å². The molecule has 1 aromatic rings. The van der Waals surface area contributed by atoms with Crippen LogP contribution in [0.1, 0.15) is 31.7 Å². The maximum Gasteiger partial charge on any atom is 0.0306 e. The van der Waals surface area contributed by atoms with Crippen LogP contribution in [-0.2, 0) is 6.54 Å². The van der Waals surface area contributed by atoms with E-state index in [9.17, 15) is 0 Å². The summed E-state index contributed by atoms with van der Waals surface area (Å²) in [5.74, 6) is 0. The van der Waals surface area contributed by atoms with Gasteiger partial charge in [-0.2, -0.15) is 0 Å². The maximum absolute atomic E-state index is 3.70. The lowest BCUT2D eigenvalue weighted by Crippen LogP contribution is -2.48. The largest absolute Gasteiger partial charge is 0.310 e. The van der Waals surface area contributed by atoms with Crippen molar-refractivity contribution in [3.63, 3.8) is 0 Å². The molecular formula is C15H23BrN2. The molecule has 100 valence electrons. The Labute approximate surface area is 119 Å². The van der Waals surface area contributed by atoms with Crippen LogP contribution in [0.25, 0.3) is 0 Å². The van der Waals surface area contributed by atoms with Crippen molar-refractivity contribution in [3.05, 3.63) is 34.3 Å². The Bertz CT molecular complexity index is 386. The molecule has 0 amide bonds. The fourth-order valence-electron chi connectivity index (χ4n) is 2.91. The summed E-state index contributed by atoms with van der Waals surface area (Å²) in [5.41, 5.74) is 1.71. The third kappa shape index (κ3) is 3.34. The van der Waals surface area contributed by atoms with Gasteiger partial charge in [-0.05, 0) is 44.5 Å². The van der Waals surface area contributed by atoms with Crippen molar-refractivity contribution < 1.29 is 0 Å². The van der Waals surface area contributed by atoms with Gasteiger partial charge in [0.15, 0.2) is 0 Å². The fraction of sp³-hybridized carbons (Fsp3) is 0.600. The minimum atomic E-state index is 0.343. The van der Waals surface area contributed by atoms with E-state index in [1.165, 1.54) is 35.8 Å². The summed E-state index contributed by atoms with van der Waals surface area (Å²) in [4.78, 5) is 2.43. The van der Waals surface area contributed by atoms with Crippen LogP contribution in [0.15, 0.2) is 28.7 Å². The van der Waals surface area contributed by atoms with Gasteiger partial charge in [0.2, 0.25) is 0 Å². The highest BCUT2D eigenvalue weighted by atomic mass is 79.9. The lowest BCUT2D eigenvalue weighted by molar-refractivity contribution is 0.214. The summed E-state index contributed by atoms with van der Waals surface area (Å²) in [6.45, 7) is 5.61. The Kier molecular flexibility index (Phi) is 4.82. The van der Waals surface area contributed by atoms with Gasteiger partial charge in [-0.1, -0.05) is 41.1 Å². The number of rotatable bonds is 5. The van der Waals surface area contributed by atoms with E-state index in [0.717, 1.165) is 13.1 Å². The maximum atomic E-state index is 3.70. The summed E-state index contributed by atoms with van der Waals surface area (Å²) >= 11 is 3.63. The predicted octanol–water partition coefficient (Wildman–Crippen LogP) is 3.41. The molecule has 0 radical (unpaired) electrons. The van der Waals surface area contributed by atoms with Gasteiger partial charge < -0.3 is 10.2 Å². The minimum absolute atomic E-state index is 0.343. The van der Waals surface area contributed by atoms with Gasteiger partial charge in [-0.3, -0.25) is 0 Å². The standard InChI is InChI=1S/C15H23BrN2/c1-3-15(9-6-10-17-15)12-18(2)11-13-7-4-5-8-14(13)16/h4-5,7-8,17H,3,6,9-12H2,1-2H3. The first-order chi connectivity index (χ1) is 8.65. The second-order valence-corrected chi connectivity index (χ2v) is 6.28. The Hall–Kier alpha value is -0.380. The van der Waals surface area contributed by atoms with Gasteiger partial charge in [0, 0.05) is 23.1 Å². The van der Waals surface area contributed by atoms with E-state index < -0.39 is 0 Å². The first-order valence-electron chi connectivity index (χ1n) is 6.82. The number of halogens is 1. The van der Waals surface area contributed by atoms with Crippen molar-refractivity contribution in [2.75, 3.05) is 20.1 Å². The molecule has 0 bridgehead atoms. The molecule has 1 aliphatic heterocycles. The average molecular weight is 311 g/mol. The third-order valence-electron chi connectivity index (χ3n) is 3.98. The Morgan fingerprint density at radius 2 is 2.17 bits per heavy atom. The number of hydrogen-bond acceptors (Lipinski definition) is 2. The molecule has 1 fully saturated rings. The number of hydrogen-bond donors (Lipinski definition) is 1. The molecule has 18 heavy (non-hydrogen) atoms. The Balaban J connectivity index is 1.96. The molecule has 1 aliphatic rings. The van der Waals surface area contributed by atoms with E-state index in [0.29, 0.717) is 5.54 Å². The van der Waals surface area contributed by atoms with Gasteiger partial charge >= 0.3 is 0 Å². The van der Waals surface area contributed by atoms with Crippen LogP contribution in [0.5, 0.6) is 0 Å². The topological polar surface area (TPSA) is 15.3 Å². The van der Waals surface area contributed by atoms with E-state index in [4.69, 9.17) is 0 Å². The van der Waals surface area contributed by atoms with Crippen LogP contribution >= 0.6 is 15.9 Å². The van der Waals surface area contributed by atoms with Gasteiger partial charge in [0.25, 0.3) is 0 Å². The number of likely N-dealkylation sites (N-methyl/N-ethyl adjacent to an activating group) is 1. The summed E-state index contributed by atoms with van der Waals surface area (Å²) in [6.07, 6.45) is 3.84. The summed E-state index contributed by atoms with van der Waals surface area (Å²) in [5, 5.41) is 3.70. The second kappa shape index (κ2) is 6.18. The summed E-state index contributed by atoms with van der Waals surface area (Å²) < 4.78 is 1.21. The predicted molar refractivity (Wildman–Crippen MR) is 80.7 cm³/mol. The SMILES string of the molecule is CCC1(CN(C)Cc2ccccc2Br)CCCN1. The van der Waals surface area contributed by atoms with Gasteiger partial charge in [-0.25, -0.2) is 0 Å². The molecule has 2 rings (SSSR count). The lowest BCUT2D eigenvalue weighted by atomic mass is 9.93. The van der Waals surface area contributed by atoms with E-state index >= 15 is 0 Å². The van der Waals surface area contributed by atoms with Crippen LogP contribution in [0.4, 0.5) is 0 Å². The quantitative estimate of drug-likeness (QED) is 0.896. The van der Waals surface area contributed by atoms with Crippen LogP contribution in [-0.4, -0.2) is 30.6 Å². The first kappa shape index (κ1) is 14.0. The molecule has 3 heteroatoms. The average Bonchev–Trinajstić information content (AvgIpc) is 2.81. The highest BCUT2D eigenvalue weighted by Gasteiger charge is 2.32. The number of nitrogens with zero attached hydrogens (tertiary/aromatic N) is 1. The molecule has 1 saturated heterocycles. The molecule has 1 N–H and O–H groups in total. The molecule has 1 aromatic carbocycles. The van der Waals surface area contributed by atoms with Gasteiger partial charge in [-0.15, -0.1) is 0 Å². The van der Waals surface area contributed by atoms with Crippen molar-refractivity contribution in [1.82, 2.24) is 10.2 Å². The van der Waals surface area contributed by atoms with E-state index in [1.807, 2.05) is 0 Å². The first-order valence-corrected chi connectivity index (χ1v) is 7.61. The van der Waals surface area contributed by atoms with E-state index in [1.54, 1.807) is 0 Å². The zero-order valence-corrected chi connectivity index (χ0v) is 13.0. The van der Waals surface area contributed by atoms with Crippen molar-refractivity contribution in [2.45, 2.75) is 38.3 Å². The minimum Gasteiger partial charge on any atom is -0.310 e. The monoisotopic (exact) mass is 310 g/mol. The lowest BCUT2D eigenvalue weighted by Gasteiger charge is -2.33. The fourth-order valence-corrected chi connectivity index (χ4v) is 3.32. The third-order valence-corrected chi connectivity index (χ3v) is 4.75. The Morgan fingerprint density at radius 3 is 2.78 bits per heavy atom. The van der Waals surface area contributed by atoms with Crippen molar-refractivity contribution in [1.29, 1.82) is 0 Å². The summed E-state index contributed by atoms with van der Waals surface area (Å²) in [7, 11) is 2.22.